The van der Waals surface area contributed by atoms with Crippen LogP contribution in [0, 0.1) is 5.41 Å². The minimum atomic E-state index is -0.398. The van der Waals surface area contributed by atoms with E-state index in [1.165, 1.54) is 0 Å². The first kappa shape index (κ1) is 11.6. The first-order valence-corrected chi connectivity index (χ1v) is 5.63. The molecule has 0 aliphatic rings. The van der Waals surface area contributed by atoms with Gasteiger partial charge in [0.2, 0.25) is 5.91 Å². The second kappa shape index (κ2) is 4.17. The van der Waals surface area contributed by atoms with E-state index in [2.05, 4.69) is 10.3 Å². The van der Waals surface area contributed by atoms with Gasteiger partial charge in [0.25, 0.3) is 0 Å². The molecular formula is C14H16N2O. The molecule has 0 spiro atoms. The van der Waals surface area contributed by atoms with Crippen LogP contribution in [0.5, 0.6) is 0 Å². The molecule has 3 nitrogen and oxygen atoms in total. The third-order valence-electron chi connectivity index (χ3n) is 2.61. The van der Waals surface area contributed by atoms with Gasteiger partial charge in [-0.1, -0.05) is 32.9 Å². The highest BCUT2D eigenvalue weighted by molar-refractivity contribution is 6.03. The molecule has 0 atom stereocenters. The fraction of sp³-hybridized carbons (Fsp3) is 0.286. The third-order valence-corrected chi connectivity index (χ3v) is 2.61. The standard InChI is InChI=1S/C14H16N2O/c1-14(2,3)13(17)16-12-6-4-5-10-7-8-15-9-11(10)12/h4-9H,1-3H3,(H,16,17). The highest BCUT2D eigenvalue weighted by Gasteiger charge is 2.21. The molecule has 0 aliphatic carbocycles. The predicted molar refractivity (Wildman–Crippen MR) is 69.8 cm³/mol. The van der Waals surface area contributed by atoms with E-state index in [1.807, 2.05) is 45.0 Å². The van der Waals surface area contributed by atoms with Crippen LogP contribution in [0.4, 0.5) is 5.69 Å². The molecule has 0 saturated heterocycles. The molecule has 17 heavy (non-hydrogen) atoms. The lowest BCUT2D eigenvalue weighted by Gasteiger charge is -2.18. The molecule has 0 unspecified atom stereocenters. The number of hydrogen-bond acceptors (Lipinski definition) is 2. The summed E-state index contributed by atoms with van der Waals surface area (Å²) in [5.74, 6) is 0.00820. The zero-order valence-electron chi connectivity index (χ0n) is 10.3. The number of nitrogens with one attached hydrogen (secondary N) is 1. The van der Waals surface area contributed by atoms with Gasteiger partial charge >= 0.3 is 0 Å². The quantitative estimate of drug-likeness (QED) is 0.814. The van der Waals surface area contributed by atoms with Crippen LogP contribution in [0.2, 0.25) is 0 Å². The van der Waals surface area contributed by atoms with Crippen molar-refractivity contribution in [3.8, 4) is 0 Å². The van der Waals surface area contributed by atoms with E-state index < -0.39 is 5.41 Å². The van der Waals surface area contributed by atoms with Crippen LogP contribution in [0.1, 0.15) is 20.8 Å². The Labute approximate surface area is 101 Å². The fourth-order valence-corrected chi connectivity index (χ4v) is 1.53. The van der Waals surface area contributed by atoms with Gasteiger partial charge in [-0.05, 0) is 17.5 Å². The van der Waals surface area contributed by atoms with Crippen LogP contribution in [0.25, 0.3) is 10.8 Å². The topological polar surface area (TPSA) is 42.0 Å². The summed E-state index contributed by atoms with van der Waals surface area (Å²) >= 11 is 0. The summed E-state index contributed by atoms with van der Waals surface area (Å²) in [5.41, 5.74) is 0.417. The monoisotopic (exact) mass is 228 g/mol. The number of carbonyl (C=O) groups excluding carboxylic acids is 1. The van der Waals surface area contributed by atoms with Gasteiger partial charge in [0.1, 0.15) is 0 Å². The summed E-state index contributed by atoms with van der Waals surface area (Å²) in [6.07, 6.45) is 3.52. The molecule has 0 bridgehead atoms. The molecule has 1 aromatic heterocycles. The van der Waals surface area contributed by atoms with E-state index in [0.29, 0.717) is 0 Å². The molecule has 0 radical (unpaired) electrons. The molecule has 1 N–H and O–H groups in total. The number of aromatic nitrogens is 1. The number of carbonyl (C=O) groups is 1. The molecule has 1 amide bonds. The van der Waals surface area contributed by atoms with Crippen molar-refractivity contribution in [2.24, 2.45) is 5.41 Å². The molecule has 0 aliphatic heterocycles. The Morgan fingerprint density at radius 1 is 1.24 bits per heavy atom. The number of fused-ring (bicyclic) bond motifs is 1. The van der Waals surface area contributed by atoms with Gasteiger partial charge in [-0.25, -0.2) is 0 Å². The summed E-state index contributed by atoms with van der Waals surface area (Å²) in [6.45, 7) is 5.68. The maximum Gasteiger partial charge on any atom is 0.229 e. The Balaban J connectivity index is 2.40. The zero-order chi connectivity index (χ0) is 12.5. The molecule has 2 rings (SSSR count). The molecule has 2 aromatic rings. The first-order valence-electron chi connectivity index (χ1n) is 5.63. The van der Waals surface area contributed by atoms with E-state index >= 15 is 0 Å². The lowest BCUT2D eigenvalue weighted by molar-refractivity contribution is -0.123. The van der Waals surface area contributed by atoms with Gasteiger partial charge < -0.3 is 5.32 Å². The minimum absolute atomic E-state index is 0.00820. The lowest BCUT2D eigenvalue weighted by Crippen LogP contribution is -2.27. The Morgan fingerprint density at radius 2 is 2.00 bits per heavy atom. The van der Waals surface area contributed by atoms with Crippen LogP contribution in [-0.4, -0.2) is 10.9 Å². The van der Waals surface area contributed by atoms with Gasteiger partial charge in [-0.3, -0.25) is 9.78 Å². The second-order valence-corrected chi connectivity index (χ2v) is 5.11. The molecule has 1 heterocycles. The van der Waals surface area contributed by atoms with Crippen molar-refractivity contribution < 1.29 is 4.79 Å². The second-order valence-electron chi connectivity index (χ2n) is 5.11. The minimum Gasteiger partial charge on any atom is -0.325 e. The maximum atomic E-state index is 11.9. The largest absolute Gasteiger partial charge is 0.325 e. The molecule has 3 heteroatoms. The van der Waals surface area contributed by atoms with Gasteiger partial charge in [-0.2, -0.15) is 0 Å². The van der Waals surface area contributed by atoms with E-state index in [4.69, 9.17) is 0 Å². The first-order chi connectivity index (χ1) is 7.98. The van der Waals surface area contributed by atoms with Crippen LogP contribution in [-0.2, 0) is 4.79 Å². The highest BCUT2D eigenvalue weighted by Crippen LogP contribution is 2.24. The Morgan fingerprint density at radius 3 is 2.71 bits per heavy atom. The predicted octanol–water partition coefficient (Wildman–Crippen LogP) is 3.22. The van der Waals surface area contributed by atoms with E-state index in [9.17, 15) is 4.79 Å². The summed E-state index contributed by atoms with van der Waals surface area (Å²) in [6, 6.07) is 7.76. The van der Waals surface area contributed by atoms with Crippen LogP contribution in [0.3, 0.4) is 0 Å². The van der Waals surface area contributed by atoms with E-state index in [-0.39, 0.29) is 5.91 Å². The Bertz CT molecular complexity index is 550. The van der Waals surface area contributed by atoms with Crippen molar-refractivity contribution in [2.45, 2.75) is 20.8 Å². The number of hydrogen-bond donors (Lipinski definition) is 1. The number of benzene rings is 1. The van der Waals surface area contributed by atoms with Crippen molar-refractivity contribution in [1.29, 1.82) is 0 Å². The van der Waals surface area contributed by atoms with Crippen LogP contribution in [0.15, 0.2) is 36.7 Å². The summed E-state index contributed by atoms with van der Waals surface area (Å²) in [4.78, 5) is 16.0. The molecule has 1 aromatic carbocycles. The third kappa shape index (κ3) is 2.44. The van der Waals surface area contributed by atoms with E-state index in [0.717, 1.165) is 16.5 Å². The Hall–Kier alpha value is -1.90. The summed E-state index contributed by atoms with van der Waals surface area (Å²) < 4.78 is 0. The van der Waals surface area contributed by atoms with Gasteiger partial charge in [0.05, 0.1) is 5.69 Å². The zero-order valence-corrected chi connectivity index (χ0v) is 10.3. The fourth-order valence-electron chi connectivity index (χ4n) is 1.53. The van der Waals surface area contributed by atoms with Gasteiger partial charge in [0.15, 0.2) is 0 Å². The smallest absolute Gasteiger partial charge is 0.229 e. The van der Waals surface area contributed by atoms with Crippen molar-refractivity contribution in [3.05, 3.63) is 36.7 Å². The van der Waals surface area contributed by atoms with Gasteiger partial charge in [0, 0.05) is 23.2 Å². The molecule has 88 valence electrons. The average Bonchev–Trinajstić information content (AvgIpc) is 2.28. The number of nitrogens with zero attached hydrogens (tertiary/aromatic N) is 1. The van der Waals surface area contributed by atoms with Gasteiger partial charge in [-0.15, -0.1) is 0 Å². The Kier molecular flexibility index (Phi) is 2.84. The lowest BCUT2D eigenvalue weighted by atomic mass is 9.95. The van der Waals surface area contributed by atoms with Crippen molar-refractivity contribution in [3.63, 3.8) is 0 Å². The number of rotatable bonds is 1. The summed E-state index contributed by atoms with van der Waals surface area (Å²) in [7, 11) is 0. The SMILES string of the molecule is CC(C)(C)C(=O)Nc1cccc2ccncc12. The van der Waals surface area contributed by atoms with Crippen molar-refractivity contribution >= 4 is 22.4 Å². The molecule has 0 saturated carbocycles. The van der Waals surface area contributed by atoms with Crippen molar-refractivity contribution in [1.82, 2.24) is 4.98 Å². The normalized spacial score (nSPS) is 11.5. The van der Waals surface area contributed by atoms with E-state index in [1.54, 1.807) is 12.4 Å². The van der Waals surface area contributed by atoms with Crippen LogP contribution < -0.4 is 5.32 Å². The molecular weight excluding hydrogens is 212 g/mol. The highest BCUT2D eigenvalue weighted by atomic mass is 16.2. The number of pyridine rings is 1. The molecule has 0 fully saturated rings. The number of amides is 1. The average molecular weight is 228 g/mol. The van der Waals surface area contributed by atoms with Crippen LogP contribution >= 0.6 is 0 Å². The van der Waals surface area contributed by atoms with Crippen molar-refractivity contribution in [2.75, 3.05) is 5.32 Å². The number of anilines is 1. The maximum absolute atomic E-state index is 11.9. The summed E-state index contributed by atoms with van der Waals surface area (Å²) in [5, 5.41) is 4.99.